The molecule has 2 rings (SSSR count). The normalized spacial score (nSPS) is 11.4. The molecule has 0 aliphatic rings. The first kappa shape index (κ1) is 18.5. The molecular formula is C20H23NO4. The summed E-state index contributed by atoms with van der Waals surface area (Å²) in [5, 5.41) is 2.61. The molecule has 0 bridgehead atoms. The summed E-state index contributed by atoms with van der Waals surface area (Å²) in [5.74, 6) is -0.456. The van der Waals surface area contributed by atoms with Gasteiger partial charge in [-0.2, -0.15) is 0 Å². The monoisotopic (exact) mass is 341 g/mol. The quantitative estimate of drug-likeness (QED) is 0.747. The highest BCUT2D eigenvalue weighted by Crippen LogP contribution is 2.06. The Bertz CT molecular complexity index is 658. The lowest BCUT2D eigenvalue weighted by atomic mass is 10.1. The second kappa shape index (κ2) is 10.1. The van der Waals surface area contributed by atoms with Gasteiger partial charge in [-0.25, -0.2) is 9.59 Å². The van der Waals surface area contributed by atoms with E-state index in [-0.39, 0.29) is 6.61 Å². The van der Waals surface area contributed by atoms with E-state index in [1.54, 1.807) is 0 Å². The molecule has 0 saturated heterocycles. The summed E-state index contributed by atoms with van der Waals surface area (Å²) in [5.41, 5.74) is 1.81. The summed E-state index contributed by atoms with van der Waals surface area (Å²) in [6.45, 7) is 2.39. The molecule has 0 aromatic heterocycles. The second-order valence-corrected chi connectivity index (χ2v) is 5.62. The lowest BCUT2D eigenvalue weighted by molar-refractivity contribution is -0.146. The Kier molecular flexibility index (Phi) is 7.50. The maximum Gasteiger partial charge on any atom is 0.408 e. The fourth-order valence-corrected chi connectivity index (χ4v) is 2.25. The van der Waals surface area contributed by atoms with Crippen molar-refractivity contribution in [2.75, 3.05) is 6.61 Å². The third-order valence-corrected chi connectivity index (χ3v) is 3.52. The SMILES string of the molecule is CCCOC(=O)[C@H](Cc1ccccc1)NC(=O)OCc1ccccc1. The molecule has 0 spiro atoms. The first-order chi connectivity index (χ1) is 12.2. The van der Waals surface area contributed by atoms with Crippen LogP contribution in [0.1, 0.15) is 24.5 Å². The minimum atomic E-state index is -0.780. The number of benzene rings is 2. The Morgan fingerprint density at radius 3 is 2.12 bits per heavy atom. The van der Waals surface area contributed by atoms with Gasteiger partial charge in [-0.3, -0.25) is 0 Å². The van der Waals surface area contributed by atoms with Crippen molar-refractivity contribution in [3.05, 3.63) is 71.8 Å². The number of alkyl carbamates (subject to hydrolysis) is 1. The smallest absolute Gasteiger partial charge is 0.408 e. The van der Waals surface area contributed by atoms with Crippen molar-refractivity contribution >= 4 is 12.1 Å². The number of ether oxygens (including phenoxy) is 2. The standard InChI is InChI=1S/C20H23NO4/c1-2-13-24-19(22)18(14-16-9-5-3-6-10-16)21-20(23)25-15-17-11-7-4-8-12-17/h3-12,18H,2,13-15H2,1H3,(H,21,23)/t18-/m0/s1. The van der Waals surface area contributed by atoms with E-state index >= 15 is 0 Å². The van der Waals surface area contributed by atoms with Crippen LogP contribution in [0.3, 0.4) is 0 Å². The number of carbonyl (C=O) groups excluding carboxylic acids is 2. The van der Waals surface area contributed by atoms with Gasteiger partial charge in [-0.05, 0) is 17.5 Å². The van der Waals surface area contributed by atoms with Crippen LogP contribution in [-0.2, 0) is 27.3 Å². The van der Waals surface area contributed by atoms with Crippen LogP contribution in [0.2, 0.25) is 0 Å². The summed E-state index contributed by atoms with van der Waals surface area (Å²) < 4.78 is 10.4. The van der Waals surface area contributed by atoms with E-state index in [0.29, 0.717) is 13.0 Å². The van der Waals surface area contributed by atoms with Gasteiger partial charge in [0.1, 0.15) is 12.6 Å². The average Bonchev–Trinajstić information content (AvgIpc) is 2.65. The molecule has 1 N–H and O–H groups in total. The van der Waals surface area contributed by atoms with Crippen molar-refractivity contribution in [1.29, 1.82) is 0 Å². The first-order valence-electron chi connectivity index (χ1n) is 8.37. The van der Waals surface area contributed by atoms with Crippen LogP contribution in [0.15, 0.2) is 60.7 Å². The number of carbonyl (C=O) groups is 2. The van der Waals surface area contributed by atoms with E-state index in [1.807, 2.05) is 67.6 Å². The lowest BCUT2D eigenvalue weighted by Gasteiger charge is -2.17. The van der Waals surface area contributed by atoms with Crippen molar-refractivity contribution in [3.8, 4) is 0 Å². The zero-order valence-corrected chi connectivity index (χ0v) is 14.3. The maximum absolute atomic E-state index is 12.2. The van der Waals surface area contributed by atoms with Gasteiger partial charge >= 0.3 is 12.1 Å². The Hall–Kier alpha value is -2.82. The molecular weight excluding hydrogens is 318 g/mol. The molecule has 25 heavy (non-hydrogen) atoms. The molecule has 1 atom stereocenters. The maximum atomic E-state index is 12.2. The Morgan fingerprint density at radius 1 is 0.920 bits per heavy atom. The van der Waals surface area contributed by atoms with Gasteiger partial charge < -0.3 is 14.8 Å². The van der Waals surface area contributed by atoms with Crippen molar-refractivity contribution in [3.63, 3.8) is 0 Å². The molecule has 0 saturated carbocycles. The topological polar surface area (TPSA) is 64.6 Å². The van der Waals surface area contributed by atoms with Gasteiger partial charge in [0.15, 0.2) is 0 Å². The van der Waals surface area contributed by atoms with Crippen LogP contribution in [0.5, 0.6) is 0 Å². The zero-order valence-electron chi connectivity index (χ0n) is 14.3. The average molecular weight is 341 g/mol. The highest BCUT2D eigenvalue weighted by Gasteiger charge is 2.23. The van der Waals surface area contributed by atoms with Crippen molar-refractivity contribution in [1.82, 2.24) is 5.32 Å². The minimum Gasteiger partial charge on any atom is -0.464 e. The summed E-state index contributed by atoms with van der Waals surface area (Å²) in [4.78, 5) is 24.3. The van der Waals surface area contributed by atoms with Crippen molar-refractivity contribution in [2.45, 2.75) is 32.4 Å². The molecule has 1 amide bonds. The van der Waals surface area contributed by atoms with Crippen LogP contribution in [0, 0.1) is 0 Å². The highest BCUT2D eigenvalue weighted by atomic mass is 16.6. The van der Waals surface area contributed by atoms with Crippen molar-refractivity contribution in [2.24, 2.45) is 0 Å². The molecule has 5 nitrogen and oxygen atoms in total. The molecule has 0 heterocycles. The van der Waals surface area contributed by atoms with Gasteiger partial charge in [0.25, 0.3) is 0 Å². The summed E-state index contributed by atoms with van der Waals surface area (Å²) in [7, 11) is 0. The molecule has 0 aliphatic heterocycles. The third kappa shape index (κ3) is 6.67. The minimum absolute atomic E-state index is 0.148. The van der Waals surface area contributed by atoms with Crippen LogP contribution >= 0.6 is 0 Å². The molecule has 5 heteroatoms. The fraction of sp³-hybridized carbons (Fsp3) is 0.300. The number of rotatable bonds is 8. The molecule has 132 valence electrons. The van der Waals surface area contributed by atoms with E-state index in [4.69, 9.17) is 9.47 Å². The number of esters is 1. The van der Waals surface area contributed by atoms with E-state index < -0.39 is 18.1 Å². The molecule has 0 radical (unpaired) electrons. The number of amides is 1. The van der Waals surface area contributed by atoms with E-state index in [9.17, 15) is 9.59 Å². The number of nitrogens with one attached hydrogen (secondary N) is 1. The molecule has 0 fully saturated rings. The third-order valence-electron chi connectivity index (χ3n) is 3.52. The van der Waals surface area contributed by atoms with Gasteiger partial charge in [-0.15, -0.1) is 0 Å². The Labute approximate surface area is 148 Å². The lowest BCUT2D eigenvalue weighted by Crippen LogP contribution is -2.43. The Balaban J connectivity index is 1.94. The predicted octanol–water partition coefficient (Wildman–Crippen LogP) is 3.48. The fourth-order valence-electron chi connectivity index (χ4n) is 2.25. The first-order valence-corrected chi connectivity index (χ1v) is 8.37. The van der Waals surface area contributed by atoms with Crippen LogP contribution in [0.4, 0.5) is 4.79 Å². The van der Waals surface area contributed by atoms with Crippen LogP contribution in [-0.4, -0.2) is 24.7 Å². The van der Waals surface area contributed by atoms with Crippen molar-refractivity contribution < 1.29 is 19.1 Å². The predicted molar refractivity (Wildman–Crippen MR) is 94.9 cm³/mol. The van der Waals surface area contributed by atoms with Gasteiger partial charge in [0.2, 0.25) is 0 Å². The summed E-state index contributed by atoms with van der Waals surface area (Å²) >= 11 is 0. The molecule has 2 aromatic carbocycles. The number of hydrogen-bond acceptors (Lipinski definition) is 4. The highest BCUT2D eigenvalue weighted by molar-refractivity contribution is 5.81. The number of hydrogen-bond donors (Lipinski definition) is 1. The summed E-state index contributed by atoms with van der Waals surface area (Å²) in [6.07, 6.45) is 0.435. The van der Waals surface area contributed by atoms with Gasteiger partial charge in [-0.1, -0.05) is 67.6 Å². The van der Waals surface area contributed by atoms with E-state index in [2.05, 4.69) is 5.32 Å². The molecule has 0 unspecified atom stereocenters. The van der Waals surface area contributed by atoms with Crippen LogP contribution in [0.25, 0.3) is 0 Å². The second-order valence-electron chi connectivity index (χ2n) is 5.62. The zero-order chi connectivity index (χ0) is 17.9. The Morgan fingerprint density at radius 2 is 1.52 bits per heavy atom. The largest absolute Gasteiger partial charge is 0.464 e. The molecule has 0 aliphatic carbocycles. The molecule has 2 aromatic rings. The van der Waals surface area contributed by atoms with Crippen LogP contribution < -0.4 is 5.32 Å². The van der Waals surface area contributed by atoms with Gasteiger partial charge in [0, 0.05) is 6.42 Å². The summed E-state index contributed by atoms with van der Waals surface area (Å²) in [6, 6.07) is 18.1. The van der Waals surface area contributed by atoms with E-state index in [0.717, 1.165) is 17.5 Å². The van der Waals surface area contributed by atoms with E-state index in [1.165, 1.54) is 0 Å². The van der Waals surface area contributed by atoms with Gasteiger partial charge in [0.05, 0.1) is 6.61 Å².